The summed E-state index contributed by atoms with van der Waals surface area (Å²) in [5, 5.41) is 7.53. The van der Waals surface area contributed by atoms with Crippen molar-refractivity contribution in [1.29, 1.82) is 0 Å². The molecule has 1 aliphatic rings. The van der Waals surface area contributed by atoms with Crippen LogP contribution in [0, 0.1) is 13.8 Å². The van der Waals surface area contributed by atoms with E-state index in [9.17, 15) is 4.79 Å². The molecule has 1 unspecified atom stereocenters. The van der Waals surface area contributed by atoms with Gasteiger partial charge in [-0.3, -0.25) is 4.99 Å². The highest BCUT2D eigenvalue weighted by molar-refractivity contribution is 8.15. The average Bonchev–Trinajstić information content (AvgIpc) is 2.96. The van der Waals surface area contributed by atoms with Crippen LogP contribution in [0.2, 0.25) is 0 Å². The van der Waals surface area contributed by atoms with Gasteiger partial charge >= 0.3 is 5.97 Å². The van der Waals surface area contributed by atoms with E-state index in [1.807, 2.05) is 39.1 Å². The van der Waals surface area contributed by atoms with Crippen molar-refractivity contribution in [2.45, 2.75) is 32.6 Å². The Hall–Kier alpha value is -2.54. The summed E-state index contributed by atoms with van der Waals surface area (Å²) >= 11 is 1.66. The molecule has 0 bridgehead atoms. The molecule has 0 amide bonds. The summed E-state index contributed by atoms with van der Waals surface area (Å²) in [4.78, 5) is 20.1. The zero-order valence-corrected chi connectivity index (χ0v) is 17.1. The molecule has 0 saturated heterocycles. The highest BCUT2D eigenvalue weighted by Crippen LogP contribution is 2.29. The van der Waals surface area contributed by atoms with Gasteiger partial charge in [0.2, 0.25) is 0 Å². The standard InChI is InChI=1S/C20H24N4O2S/c1-12-16(19(25)26-5)13(2)22-17(12)18-14(3)27-20(24(4)23-18)21-11-15-9-7-6-8-10-15/h6-10,14,22H,11H2,1-5H3. The van der Waals surface area contributed by atoms with E-state index >= 15 is 0 Å². The molecule has 1 N–H and O–H groups in total. The third kappa shape index (κ3) is 3.93. The average molecular weight is 385 g/mol. The number of carbonyl (C=O) groups is 1. The molecule has 142 valence electrons. The molecule has 3 rings (SSSR count). The van der Waals surface area contributed by atoms with Gasteiger partial charge in [0.1, 0.15) is 0 Å². The Labute approximate surface area is 163 Å². The normalized spacial score (nSPS) is 18.6. The van der Waals surface area contributed by atoms with Crippen LogP contribution in [0.1, 0.15) is 39.8 Å². The molecule has 1 aliphatic heterocycles. The number of methoxy groups -OCH3 is 1. The van der Waals surface area contributed by atoms with Gasteiger partial charge in [-0.15, -0.1) is 0 Å². The molecule has 0 spiro atoms. The molecule has 0 radical (unpaired) electrons. The second kappa shape index (κ2) is 8.00. The first kappa shape index (κ1) is 19.2. The maximum Gasteiger partial charge on any atom is 0.339 e. The minimum atomic E-state index is -0.331. The number of hydrazone groups is 1. The molecule has 0 fully saturated rings. The molecular weight excluding hydrogens is 360 g/mol. The lowest BCUT2D eigenvalue weighted by Crippen LogP contribution is -2.33. The number of aromatic nitrogens is 1. The molecule has 1 atom stereocenters. The van der Waals surface area contributed by atoms with Crippen LogP contribution < -0.4 is 0 Å². The number of hydrogen-bond donors (Lipinski definition) is 1. The van der Waals surface area contributed by atoms with E-state index < -0.39 is 0 Å². The summed E-state index contributed by atoms with van der Waals surface area (Å²) in [7, 11) is 3.29. The summed E-state index contributed by atoms with van der Waals surface area (Å²) in [6, 6.07) is 10.2. The van der Waals surface area contributed by atoms with Crippen molar-refractivity contribution in [2.75, 3.05) is 14.2 Å². The van der Waals surface area contributed by atoms with E-state index in [2.05, 4.69) is 24.0 Å². The fourth-order valence-electron chi connectivity index (χ4n) is 3.13. The van der Waals surface area contributed by atoms with E-state index in [1.54, 1.807) is 16.8 Å². The van der Waals surface area contributed by atoms with Gasteiger partial charge in [0.15, 0.2) is 5.17 Å². The highest BCUT2D eigenvalue weighted by Gasteiger charge is 2.29. The van der Waals surface area contributed by atoms with Crippen molar-refractivity contribution in [3.8, 4) is 0 Å². The summed E-state index contributed by atoms with van der Waals surface area (Å²) in [5.41, 5.74) is 5.18. The van der Waals surface area contributed by atoms with Crippen molar-refractivity contribution in [2.24, 2.45) is 10.1 Å². The first-order valence-electron chi connectivity index (χ1n) is 8.77. The Kier molecular flexibility index (Phi) is 5.70. The van der Waals surface area contributed by atoms with Crippen molar-refractivity contribution in [1.82, 2.24) is 9.99 Å². The largest absolute Gasteiger partial charge is 0.465 e. The molecule has 1 aromatic carbocycles. The number of rotatable bonds is 4. The van der Waals surface area contributed by atoms with E-state index in [0.29, 0.717) is 12.1 Å². The molecule has 0 aliphatic carbocycles. The van der Waals surface area contributed by atoms with Gasteiger partial charge in [0.05, 0.1) is 35.9 Å². The Morgan fingerprint density at radius 3 is 2.70 bits per heavy atom. The zero-order valence-electron chi connectivity index (χ0n) is 16.2. The van der Waals surface area contributed by atoms with Crippen LogP contribution in [0.5, 0.6) is 0 Å². The van der Waals surface area contributed by atoms with Gasteiger partial charge in [-0.05, 0) is 31.9 Å². The quantitative estimate of drug-likeness (QED) is 0.815. The Balaban J connectivity index is 1.88. The van der Waals surface area contributed by atoms with Crippen LogP contribution in [0.15, 0.2) is 40.4 Å². The molecule has 7 heteroatoms. The van der Waals surface area contributed by atoms with E-state index in [4.69, 9.17) is 14.8 Å². The number of esters is 1. The zero-order chi connectivity index (χ0) is 19.6. The number of nitrogens with zero attached hydrogens (tertiary/aromatic N) is 3. The van der Waals surface area contributed by atoms with Gasteiger partial charge in [0, 0.05) is 12.7 Å². The maximum atomic E-state index is 12.1. The molecule has 2 heterocycles. The lowest BCUT2D eigenvalue weighted by Gasteiger charge is -2.27. The van der Waals surface area contributed by atoms with Crippen molar-refractivity contribution in [3.05, 3.63) is 58.4 Å². The van der Waals surface area contributed by atoms with Gasteiger partial charge in [-0.1, -0.05) is 42.1 Å². The van der Waals surface area contributed by atoms with E-state index in [1.165, 1.54) is 12.7 Å². The van der Waals surface area contributed by atoms with Crippen molar-refractivity contribution < 1.29 is 9.53 Å². The highest BCUT2D eigenvalue weighted by atomic mass is 32.2. The Bertz CT molecular complexity index is 902. The summed E-state index contributed by atoms with van der Waals surface area (Å²) < 4.78 is 4.90. The van der Waals surface area contributed by atoms with Crippen LogP contribution in [0.4, 0.5) is 0 Å². The Morgan fingerprint density at radius 1 is 1.33 bits per heavy atom. The maximum absolute atomic E-state index is 12.1. The molecule has 2 aromatic rings. The van der Waals surface area contributed by atoms with Gasteiger partial charge in [-0.25, -0.2) is 9.80 Å². The van der Waals surface area contributed by atoms with Crippen LogP contribution in [-0.2, 0) is 11.3 Å². The number of benzene rings is 1. The number of aryl methyl sites for hydroxylation is 1. The monoisotopic (exact) mass is 384 g/mol. The molecule has 6 nitrogen and oxygen atoms in total. The minimum Gasteiger partial charge on any atom is -0.465 e. The Morgan fingerprint density at radius 2 is 2.04 bits per heavy atom. The first-order chi connectivity index (χ1) is 12.9. The van der Waals surface area contributed by atoms with Crippen LogP contribution in [0.3, 0.4) is 0 Å². The molecule has 0 saturated carbocycles. The number of hydrogen-bond acceptors (Lipinski definition) is 5. The van der Waals surface area contributed by atoms with Gasteiger partial charge in [-0.2, -0.15) is 5.10 Å². The summed E-state index contributed by atoms with van der Waals surface area (Å²) in [6.45, 7) is 6.52. The smallest absolute Gasteiger partial charge is 0.339 e. The third-order valence-corrected chi connectivity index (χ3v) is 5.71. The van der Waals surface area contributed by atoms with Crippen LogP contribution in [-0.4, -0.2) is 46.2 Å². The SMILES string of the molecule is COC(=O)c1c(C)[nH]c(C2=NN(C)C(=NCc3ccccc3)SC2C)c1C. The number of H-pyrrole nitrogens is 1. The predicted molar refractivity (Wildman–Crippen MR) is 111 cm³/mol. The number of ether oxygens (including phenoxy) is 1. The number of carbonyl (C=O) groups excluding carboxylic acids is 1. The van der Waals surface area contributed by atoms with Crippen LogP contribution >= 0.6 is 11.8 Å². The fourth-order valence-corrected chi connectivity index (χ4v) is 4.05. The fraction of sp³-hybridized carbons (Fsp3) is 0.350. The lowest BCUT2D eigenvalue weighted by molar-refractivity contribution is 0.0599. The number of thioether (sulfide) groups is 1. The molecule has 1 aromatic heterocycles. The number of aliphatic imine (C=N–C) groups is 1. The van der Waals surface area contributed by atoms with Crippen molar-refractivity contribution >= 4 is 28.6 Å². The van der Waals surface area contributed by atoms with Crippen molar-refractivity contribution in [3.63, 3.8) is 0 Å². The first-order valence-corrected chi connectivity index (χ1v) is 9.65. The predicted octanol–water partition coefficient (Wildman–Crippen LogP) is 3.75. The van der Waals surface area contributed by atoms with Gasteiger partial charge in [0.25, 0.3) is 0 Å². The van der Waals surface area contributed by atoms with E-state index in [-0.39, 0.29) is 11.2 Å². The van der Waals surface area contributed by atoms with Gasteiger partial charge < -0.3 is 9.72 Å². The summed E-state index contributed by atoms with van der Waals surface area (Å²) in [5.74, 6) is -0.331. The summed E-state index contributed by atoms with van der Waals surface area (Å²) in [6.07, 6.45) is 0. The number of nitrogens with one attached hydrogen (secondary N) is 1. The van der Waals surface area contributed by atoms with Crippen LogP contribution in [0.25, 0.3) is 0 Å². The molecular formula is C20H24N4O2S. The topological polar surface area (TPSA) is 70.1 Å². The molecule has 27 heavy (non-hydrogen) atoms. The lowest BCUT2D eigenvalue weighted by atomic mass is 10.1. The second-order valence-corrected chi connectivity index (χ2v) is 7.78. The number of amidine groups is 1. The second-order valence-electron chi connectivity index (χ2n) is 6.47. The third-order valence-electron chi connectivity index (χ3n) is 4.52. The number of aromatic amines is 1. The minimum absolute atomic E-state index is 0.109. The van der Waals surface area contributed by atoms with E-state index in [0.717, 1.165) is 27.8 Å².